The number of carbonyl (C=O) groups is 1. The molecule has 0 aliphatic heterocycles. The molecule has 70 valence electrons. The maximum absolute atomic E-state index is 11.2. The van der Waals surface area contributed by atoms with Crippen molar-refractivity contribution in [3.05, 3.63) is 31.8 Å². The van der Waals surface area contributed by atoms with Crippen LogP contribution in [0.4, 0.5) is 0 Å². The predicted molar refractivity (Wildman–Crippen MR) is 55.7 cm³/mol. The zero-order valence-corrected chi connectivity index (χ0v) is 9.12. The number of aromatic nitrogens is 1. The number of nitrogens with one attached hydrogen (secondary N) is 1. The number of hydrogen-bond acceptors (Lipinski definition) is 3. The number of halogens is 1. The van der Waals surface area contributed by atoms with Gasteiger partial charge in [0.15, 0.2) is 0 Å². The maximum atomic E-state index is 11.2. The Balaban J connectivity index is 3.06. The summed E-state index contributed by atoms with van der Waals surface area (Å²) in [6, 6.07) is 1.50. The van der Waals surface area contributed by atoms with Crippen molar-refractivity contribution >= 4 is 28.6 Å². The van der Waals surface area contributed by atoms with Gasteiger partial charge in [0.05, 0.1) is 6.61 Å². The molecule has 5 heteroatoms. The summed E-state index contributed by atoms with van der Waals surface area (Å²) < 4.78 is 5.49. The van der Waals surface area contributed by atoms with Crippen molar-refractivity contribution in [3.63, 3.8) is 0 Å². The van der Waals surface area contributed by atoms with Crippen LogP contribution in [0.15, 0.2) is 17.1 Å². The van der Waals surface area contributed by atoms with Crippen LogP contribution in [0.1, 0.15) is 17.3 Å². The number of rotatable bonds is 2. The van der Waals surface area contributed by atoms with Gasteiger partial charge in [-0.3, -0.25) is 4.79 Å². The smallest absolute Gasteiger partial charge is 0.343 e. The van der Waals surface area contributed by atoms with Gasteiger partial charge < -0.3 is 9.72 Å². The minimum Gasteiger partial charge on any atom is -0.462 e. The SMILES string of the molecule is CCOC(=O)c1cc(I)c[nH]c1=O. The molecule has 0 spiro atoms. The quantitative estimate of drug-likeness (QED) is 0.657. The molecule has 13 heavy (non-hydrogen) atoms. The maximum Gasteiger partial charge on any atom is 0.343 e. The van der Waals surface area contributed by atoms with Crippen LogP contribution >= 0.6 is 22.6 Å². The highest BCUT2D eigenvalue weighted by atomic mass is 127. The molecule has 1 aromatic heterocycles. The highest BCUT2D eigenvalue weighted by molar-refractivity contribution is 14.1. The fourth-order valence-corrected chi connectivity index (χ4v) is 1.28. The van der Waals surface area contributed by atoms with Crippen LogP contribution in [0.25, 0.3) is 0 Å². The van der Waals surface area contributed by atoms with Crippen molar-refractivity contribution in [2.75, 3.05) is 6.61 Å². The summed E-state index contributed by atoms with van der Waals surface area (Å²) in [5.41, 5.74) is -0.368. The minimum atomic E-state index is -0.581. The predicted octanol–water partition coefficient (Wildman–Crippen LogP) is 1.16. The summed E-state index contributed by atoms with van der Waals surface area (Å²) in [6.45, 7) is 1.96. The molecule has 1 rings (SSSR count). The molecule has 1 heterocycles. The monoisotopic (exact) mass is 293 g/mol. The van der Waals surface area contributed by atoms with Crippen molar-refractivity contribution in [2.24, 2.45) is 0 Å². The van der Waals surface area contributed by atoms with Gasteiger partial charge in [0.2, 0.25) is 0 Å². The second kappa shape index (κ2) is 4.40. The molecule has 0 radical (unpaired) electrons. The average molecular weight is 293 g/mol. The summed E-state index contributed by atoms with van der Waals surface area (Å²) in [7, 11) is 0. The number of esters is 1. The van der Waals surface area contributed by atoms with E-state index in [1.807, 2.05) is 22.6 Å². The molecular formula is C8H8INO3. The molecule has 0 amide bonds. The Labute approximate surface area is 88.4 Å². The first-order chi connectivity index (χ1) is 6.15. The lowest BCUT2D eigenvalue weighted by atomic mass is 10.3. The molecule has 0 bridgehead atoms. The molecule has 1 aromatic rings. The Morgan fingerprint density at radius 1 is 1.69 bits per heavy atom. The highest BCUT2D eigenvalue weighted by Gasteiger charge is 2.11. The van der Waals surface area contributed by atoms with E-state index in [9.17, 15) is 9.59 Å². The number of ether oxygens (including phenoxy) is 1. The molecule has 0 aromatic carbocycles. The van der Waals surface area contributed by atoms with Gasteiger partial charge in [-0.15, -0.1) is 0 Å². The van der Waals surface area contributed by atoms with E-state index in [0.29, 0.717) is 0 Å². The largest absolute Gasteiger partial charge is 0.462 e. The molecule has 0 atom stereocenters. The molecular weight excluding hydrogens is 285 g/mol. The summed E-state index contributed by atoms with van der Waals surface area (Å²) in [4.78, 5) is 24.7. The van der Waals surface area contributed by atoms with E-state index < -0.39 is 11.5 Å². The molecule has 0 aliphatic carbocycles. The van der Waals surface area contributed by atoms with Crippen molar-refractivity contribution in [1.29, 1.82) is 0 Å². The van der Waals surface area contributed by atoms with E-state index in [2.05, 4.69) is 4.98 Å². The summed E-state index contributed by atoms with van der Waals surface area (Å²) in [5.74, 6) is -0.581. The van der Waals surface area contributed by atoms with Crippen molar-refractivity contribution in [1.82, 2.24) is 4.98 Å². The Hall–Kier alpha value is -0.850. The van der Waals surface area contributed by atoms with Gasteiger partial charge in [-0.1, -0.05) is 0 Å². The second-order valence-electron chi connectivity index (χ2n) is 2.28. The third-order valence-corrected chi connectivity index (χ3v) is 1.99. The molecule has 0 unspecified atom stereocenters. The Kier molecular flexibility index (Phi) is 3.47. The number of aromatic amines is 1. The van der Waals surface area contributed by atoms with Gasteiger partial charge in [0.25, 0.3) is 5.56 Å². The Morgan fingerprint density at radius 3 is 3.00 bits per heavy atom. The van der Waals surface area contributed by atoms with Crippen LogP contribution in [0.3, 0.4) is 0 Å². The van der Waals surface area contributed by atoms with Crippen LogP contribution in [-0.4, -0.2) is 17.6 Å². The van der Waals surface area contributed by atoms with Gasteiger partial charge in [-0.05, 0) is 35.6 Å². The summed E-state index contributed by atoms with van der Waals surface area (Å²) >= 11 is 2.01. The van der Waals surface area contributed by atoms with Crippen LogP contribution in [0.2, 0.25) is 0 Å². The van der Waals surface area contributed by atoms with Crippen LogP contribution in [0.5, 0.6) is 0 Å². The molecule has 0 saturated carbocycles. The number of H-pyrrole nitrogens is 1. The summed E-state index contributed by atoms with van der Waals surface area (Å²) in [5, 5.41) is 0. The third-order valence-electron chi connectivity index (χ3n) is 1.36. The van der Waals surface area contributed by atoms with Gasteiger partial charge in [0.1, 0.15) is 5.56 Å². The van der Waals surface area contributed by atoms with Gasteiger partial charge in [-0.2, -0.15) is 0 Å². The Morgan fingerprint density at radius 2 is 2.38 bits per heavy atom. The third kappa shape index (κ3) is 2.55. The zero-order chi connectivity index (χ0) is 9.84. The molecule has 1 N–H and O–H groups in total. The first-order valence-corrected chi connectivity index (χ1v) is 4.78. The second-order valence-corrected chi connectivity index (χ2v) is 3.53. The van der Waals surface area contributed by atoms with Gasteiger partial charge in [0, 0.05) is 9.77 Å². The van der Waals surface area contributed by atoms with Gasteiger partial charge >= 0.3 is 5.97 Å². The van der Waals surface area contributed by atoms with Crippen molar-refractivity contribution in [3.8, 4) is 0 Å². The Bertz CT molecular complexity index is 372. The van der Waals surface area contributed by atoms with Crippen LogP contribution < -0.4 is 5.56 Å². The van der Waals surface area contributed by atoms with E-state index in [-0.39, 0.29) is 12.2 Å². The highest BCUT2D eigenvalue weighted by Crippen LogP contribution is 2.03. The lowest BCUT2D eigenvalue weighted by Crippen LogP contribution is -2.19. The average Bonchev–Trinajstić information content (AvgIpc) is 2.09. The van der Waals surface area contributed by atoms with E-state index >= 15 is 0 Å². The normalized spacial score (nSPS) is 9.69. The van der Waals surface area contributed by atoms with E-state index in [1.165, 1.54) is 12.3 Å². The fraction of sp³-hybridized carbons (Fsp3) is 0.250. The van der Waals surface area contributed by atoms with E-state index in [1.54, 1.807) is 6.92 Å². The van der Waals surface area contributed by atoms with E-state index in [0.717, 1.165) is 3.57 Å². The van der Waals surface area contributed by atoms with E-state index in [4.69, 9.17) is 4.74 Å². The molecule has 0 aliphatic rings. The minimum absolute atomic E-state index is 0.0498. The number of pyridine rings is 1. The fourth-order valence-electron chi connectivity index (χ4n) is 0.818. The molecule has 4 nitrogen and oxygen atoms in total. The molecule has 0 saturated heterocycles. The van der Waals surface area contributed by atoms with Crippen molar-refractivity contribution < 1.29 is 9.53 Å². The number of hydrogen-bond donors (Lipinski definition) is 1. The number of carbonyl (C=O) groups excluding carboxylic acids is 1. The lowest BCUT2D eigenvalue weighted by molar-refractivity contribution is 0.0524. The first-order valence-electron chi connectivity index (χ1n) is 3.70. The van der Waals surface area contributed by atoms with Gasteiger partial charge in [-0.25, -0.2) is 4.79 Å². The van der Waals surface area contributed by atoms with Crippen LogP contribution in [0, 0.1) is 3.57 Å². The summed E-state index contributed by atoms with van der Waals surface area (Å²) in [6.07, 6.45) is 1.53. The van der Waals surface area contributed by atoms with Crippen molar-refractivity contribution in [2.45, 2.75) is 6.92 Å². The standard InChI is InChI=1S/C8H8INO3/c1-2-13-8(12)6-3-5(9)4-10-7(6)11/h3-4H,2H2,1H3,(H,10,11). The van der Waals surface area contributed by atoms with Crippen LogP contribution in [-0.2, 0) is 4.74 Å². The molecule has 0 fully saturated rings. The first kappa shape index (κ1) is 10.2. The topological polar surface area (TPSA) is 59.2 Å². The zero-order valence-electron chi connectivity index (χ0n) is 6.96. The lowest BCUT2D eigenvalue weighted by Gasteiger charge is -2.00.